The molecule has 0 bridgehead atoms. The Morgan fingerprint density at radius 1 is 1.63 bits per heavy atom. The first-order chi connectivity index (χ1) is 9.06. The second-order valence-electron chi connectivity index (χ2n) is 5.67. The van der Waals surface area contributed by atoms with Crippen LogP contribution in [0.5, 0.6) is 0 Å². The normalized spacial score (nSPS) is 19.0. The van der Waals surface area contributed by atoms with E-state index < -0.39 is 5.97 Å². The van der Waals surface area contributed by atoms with E-state index in [1.807, 2.05) is 5.38 Å². The SMILES string of the molecule is CC(C)C1CCc2nc3scc(CC(=O)O)n3c2C1. The Hall–Kier alpha value is -1.36. The van der Waals surface area contributed by atoms with E-state index in [0.29, 0.717) is 11.8 Å². The first-order valence-corrected chi connectivity index (χ1v) is 7.62. The van der Waals surface area contributed by atoms with Crippen LogP contribution in [0.15, 0.2) is 5.38 Å². The van der Waals surface area contributed by atoms with Crippen molar-refractivity contribution in [2.45, 2.75) is 39.5 Å². The number of rotatable bonds is 3. The van der Waals surface area contributed by atoms with Gasteiger partial charge in [0, 0.05) is 16.8 Å². The lowest BCUT2D eigenvalue weighted by molar-refractivity contribution is -0.136. The van der Waals surface area contributed by atoms with Crippen molar-refractivity contribution in [1.82, 2.24) is 9.38 Å². The molecular weight excluding hydrogens is 260 g/mol. The van der Waals surface area contributed by atoms with Gasteiger partial charge in [0.05, 0.1) is 12.1 Å². The summed E-state index contributed by atoms with van der Waals surface area (Å²) in [7, 11) is 0. The van der Waals surface area contributed by atoms with Gasteiger partial charge in [0.1, 0.15) is 0 Å². The van der Waals surface area contributed by atoms with Gasteiger partial charge in [-0.3, -0.25) is 9.20 Å². The zero-order chi connectivity index (χ0) is 13.6. The third-order valence-corrected chi connectivity index (χ3v) is 4.97. The van der Waals surface area contributed by atoms with Crippen molar-refractivity contribution in [1.29, 1.82) is 0 Å². The van der Waals surface area contributed by atoms with Crippen LogP contribution in [0.4, 0.5) is 0 Å². The van der Waals surface area contributed by atoms with Crippen LogP contribution < -0.4 is 0 Å². The average molecular weight is 278 g/mol. The van der Waals surface area contributed by atoms with Crippen molar-refractivity contribution >= 4 is 22.3 Å². The summed E-state index contributed by atoms with van der Waals surface area (Å²) in [5, 5.41) is 10.9. The lowest BCUT2D eigenvalue weighted by Gasteiger charge is -2.25. The van der Waals surface area contributed by atoms with E-state index >= 15 is 0 Å². The van der Waals surface area contributed by atoms with E-state index in [0.717, 1.165) is 23.5 Å². The van der Waals surface area contributed by atoms with Gasteiger partial charge < -0.3 is 5.11 Å². The molecule has 2 aromatic rings. The number of aryl methyl sites for hydroxylation is 1. The third kappa shape index (κ3) is 2.16. The van der Waals surface area contributed by atoms with Gasteiger partial charge in [-0.1, -0.05) is 13.8 Å². The number of carboxylic acids is 1. The summed E-state index contributed by atoms with van der Waals surface area (Å²) in [5.74, 6) is 0.573. The van der Waals surface area contributed by atoms with Crippen LogP contribution in [0, 0.1) is 11.8 Å². The van der Waals surface area contributed by atoms with Gasteiger partial charge in [0.15, 0.2) is 4.96 Å². The highest BCUT2D eigenvalue weighted by atomic mass is 32.1. The summed E-state index contributed by atoms with van der Waals surface area (Å²) < 4.78 is 2.09. The van der Waals surface area contributed by atoms with Gasteiger partial charge in [-0.05, 0) is 31.1 Å². The molecule has 0 fully saturated rings. The predicted molar refractivity (Wildman–Crippen MR) is 74.8 cm³/mol. The number of carbonyl (C=O) groups is 1. The Balaban J connectivity index is 2.05. The third-order valence-electron chi connectivity index (χ3n) is 4.10. The quantitative estimate of drug-likeness (QED) is 0.939. The highest BCUT2D eigenvalue weighted by molar-refractivity contribution is 7.15. The van der Waals surface area contributed by atoms with Gasteiger partial charge in [0.2, 0.25) is 0 Å². The summed E-state index contributed by atoms with van der Waals surface area (Å²) >= 11 is 1.55. The molecule has 0 saturated carbocycles. The Kier molecular flexibility index (Phi) is 3.09. The molecule has 2 aromatic heterocycles. The molecule has 1 N–H and O–H groups in total. The Bertz CT molecular complexity index is 627. The minimum absolute atomic E-state index is 0.0785. The molecule has 0 radical (unpaired) electrons. The number of imidazole rings is 1. The molecule has 1 aliphatic carbocycles. The van der Waals surface area contributed by atoms with Crippen molar-refractivity contribution in [2.75, 3.05) is 0 Å². The lowest BCUT2D eigenvalue weighted by Crippen LogP contribution is -2.20. The van der Waals surface area contributed by atoms with Crippen LogP contribution >= 0.6 is 11.3 Å². The van der Waals surface area contributed by atoms with Gasteiger partial charge in [-0.25, -0.2) is 4.98 Å². The fourth-order valence-corrected chi connectivity index (χ4v) is 3.88. The maximum Gasteiger partial charge on any atom is 0.309 e. The van der Waals surface area contributed by atoms with Crippen molar-refractivity contribution in [2.24, 2.45) is 11.8 Å². The summed E-state index contributed by atoms with van der Waals surface area (Å²) in [5.41, 5.74) is 3.29. The van der Waals surface area contributed by atoms with Crippen molar-refractivity contribution in [3.05, 3.63) is 22.5 Å². The van der Waals surface area contributed by atoms with E-state index in [1.165, 1.54) is 17.8 Å². The lowest BCUT2D eigenvalue weighted by atomic mass is 9.82. The number of aliphatic carboxylic acids is 1. The molecule has 4 nitrogen and oxygen atoms in total. The molecule has 2 heterocycles. The maximum atomic E-state index is 10.9. The minimum Gasteiger partial charge on any atom is -0.481 e. The fraction of sp³-hybridized carbons (Fsp3) is 0.571. The van der Waals surface area contributed by atoms with Crippen LogP contribution in [-0.2, 0) is 24.1 Å². The Morgan fingerprint density at radius 2 is 2.42 bits per heavy atom. The number of carboxylic acid groups (broad SMARTS) is 1. The second-order valence-corrected chi connectivity index (χ2v) is 6.50. The van der Waals surface area contributed by atoms with Crippen LogP contribution in [0.25, 0.3) is 4.96 Å². The van der Waals surface area contributed by atoms with Crippen LogP contribution in [0.2, 0.25) is 0 Å². The fourth-order valence-electron chi connectivity index (χ4n) is 2.95. The molecule has 1 atom stereocenters. The molecule has 102 valence electrons. The first kappa shape index (κ1) is 12.7. The number of fused-ring (bicyclic) bond motifs is 3. The van der Waals surface area contributed by atoms with Gasteiger partial charge >= 0.3 is 5.97 Å². The van der Waals surface area contributed by atoms with Crippen molar-refractivity contribution < 1.29 is 9.90 Å². The summed E-state index contributed by atoms with van der Waals surface area (Å²) in [6.45, 7) is 4.53. The van der Waals surface area contributed by atoms with E-state index in [9.17, 15) is 4.79 Å². The number of thiazole rings is 1. The Morgan fingerprint density at radius 3 is 3.11 bits per heavy atom. The monoisotopic (exact) mass is 278 g/mol. The molecule has 0 saturated heterocycles. The van der Waals surface area contributed by atoms with Gasteiger partial charge in [-0.15, -0.1) is 11.3 Å². The summed E-state index contributed by atoms with van der Waals surface area (Å²) in [6, 6.07) is 0. The number of nitrogens with zero attached hydrogens (tertiary/aromatic N) is 2. The highest BCUT2D eigenvalue weighted by Crippen LogP contribution is 2.32. The maximum absolute atomic E-state index is 10.9. The number of hydrogen-bond acceptors (Lipinski definition) is 3. The minimum atomic E-state index is -0.779. The molecule has 0 aliphatic heterocycles. The van der Waals surface area contributed by atoms with Crippen molar-refractivity contribution in [3.63, 3.8) is 0 Å². The number of aromatic nitrogens is 2. The number of hydrogen-bond donors (Lipinski definition) is 1. The molecule has 0 aromatic carbocycles. The topological polar surface area (TPSA) is 54.6 Å². The highest BCUT2D eigenvalue weighted by Gasteiger charge is 2.27. The standard InChI is InChI=1S/C14H18N2O2S/c1-8(2)9-3-4-11-12(5-9)16-10(6-13(17)18)7-19-14(16)15-11/h7-9H,3-6H2,1-2H3,(H,17,18). The first-order valence-electron chi connectivity index (χ1n) is 6.74. The van der Waals surface area contributed by atoms with E-state index in [2.05, 4.69) is 23.2 Å². The predicted octanol–water partition coefficient (Wildman–Crippen LogP) is 2.78. The van der Waals surface area contributed by atoms with Crippen LogP contribution in [0.1, 0.15) is 37.4 Å². The molecule has 1 aliphatic rings. The smallest absolute Gasteiger partial charge is 0.309 e. The molecule has 0 spiro atoms. The zero-order valence-electron chi connectivity index (χ0n) is 11.2. The molecular formula is C14H18N2O2S. The molecule has 0 amide bonds. The summed E-state index contributed by atoms with van der Waals surface area (Å²) in [6.07, 6.45) is 3.33. The van der Waals surface area contributed by atoms with Gasteiger partial charge in [-0.2, -0.15) is 0 Å². The van der Waals surface area contributed by atoms with E-state index in [4.69, 9.17) is 5.11 Å². The molecule has 3 rings (SSSR count). The second kappa shape index (κ2) is 4.63. The van der Waals surface area contributed by atoms with E-state index in [-0.39, 0.29) is 6.42 Å². The van der Waals surface area contributed by atoms with Crippen LogP contribution in [-0.4, -0.2) is 20.5 Å². The van der Waals surface area contributed by atoms with Crippen LogP contribution in [0.3, 0.4) is 0 Å². The molecule has 5 heteroatoms. The molecule has 1 unspecified atom stereocenters. The largest absolute Gasteiger partial charge is 0.481 e. The van der Waals surface area contributed by atoms with Gasteiger partial charge in [0.25, 0.3) is 0 Å². The average Bonchev–Trinajstić information content (AvgIpc) is 2.87. The zero-order valence-corrected chi connectivity index (χ0v) is 12.0. The molecule has 19 heavy (non-hydrogen) atoms. The summed E-state index contributed by atoms with van der Waals surface area (Å²) in [4.78, 5) is 16.6. The Labute approximate surface area is 116 Å². The van der Waals surface area contributed by atoms with Crippen molar-refractivity contribution in [3.8, 4) is 0 Å². The van der Waals surface area contributed by atoms with E-state index in [1.54, 1.807) is 11.3 Å².